The van der Waals surface area contributed by atoms with E-state index in [1.54, 1.807) is 13.8 Å². The summed E-state index contributed by atoms with van der Waals surface area (Å²) in [5.41, 5.74) is -0.380. The summed E-state index contributed by atoms with van der Waals surface area (Å²) in [6.07, 6.45) is -12.1. The van der Waals surface area contributed by atoms with Crippen molar-refractivity contribution in [3.8, 4) is 5.75 Å². The minimum absolute atomic E-state index is 0.00464. The molecule has 2 nitrogen and oxygen atoms in total. The lowest BCUT2D eigenvalue weighted by molar-refractivity contribution is -0.440. The average Bonchev–Trinajstić information content (AvgIpc) is 2.69. The predicted octanol–water partition coefficient (Wildman–Crippen LogP) is 7.54. The van der Waals surface area contributed by atoms with Crippen molar-refractivity contribution in [1.29, 1.82) is 0 Å². The van der Waals surface area contributed by atoms with Gasteiger partial charge in [-0.25, -0.2) is 0 Å². The first-order chi connectivity index (χ1) is 15.1. The third-order valence-corrected chi connectivity index (χ3v) is 4.54. The van der Waals surface area contributed by atoms with Crippen LogP contribution in [0.3, 0.4) is 0 Å². The van der Waals surface area contributed by atoms with Crippen LogP contribution in [0.2, 0.25) is 0 Å². The average molecular weight is 526 g/mol. The molecule has 1 unspecified atom stereocenters. The highest BCUT2D eigenvalue weighted by Gasteiger charge is 2.90. The van der Waals surface area contributed by atoms with E-state index >= 15 is 0 Å². The minimum atomic E-state index is -7.93. The van der Waals surface area contributed by atoms with E-state index < -0.39 is 48.3 Å². The topological polar surface area (TPSA) is 18.5 Å². The molecule has 0 saturated heterocycles. The fourth-order valence-corrected chi connectivity index (χ4v) is 2.57. The monoisotopic (exact) mass is 526 g/mol. The molecule has 0 radical (unpaired) electrons. The van der Waals surface area contributed by atoms with Gasteiger partial charge in [0.2, 0.25) is 0 Å². The molecule has 1 rings (SSSR count). The van der Waals surface area contributed by atoms with Gasteiger partial charge in [-0.2, -0.15) is 57.1 Å². The van der Waals surface area contributed by atoms with Gasteiger partial charge in [-0.1, -0.05) is 26.0 Å². The number of alkyl halides is 13. The van der Waals surface area contributed by atoms with E-state index in [0.29, 0.717) is 7.11 Å². The van der Waals surface area contributed by atoms with Crippen LogP contribution in [-0.2, 0) is 4.74 Å². The Balaban J connectivity index is 3.34. The Bertz CT molecular complexity index is 819. The third kappa shape index (κ3) is 5.33. The molecule has 0 amide bonds. The number of rotatable bonds is 11. The van der Waals surface area contributed by atoms with Crippen LogP contribution in [0.1, 0.15) is 31.9 Å². The summed E-state index contributed by atoms with van der Waals surface area (Å²) in [5.74, 6) is -37.1. The summed E-state index contributed by atoms with van der Waals surface area (Å²) >= 11 is 0. The summed E-state index contributed by atoms with van der Waals surface area (Å²) in [4.78, 5) is 0. The summed E-state index contributed by atoms with van der Waals surface area (Å²) in [5, 5.41) is 0. The van der Waals surface area contributed by atoms with Gasteiger partial charge in [0.1, 0.15) is 5.75 Å². The van der Waals surface area contributed by atoms with Crippen LogP contribution in [0, 0.1) is 5.92 Å². The Labute approximate surface area is 185 Å². The zero-order valence-electron chi connectivity index (χ0n) is 17.6. The van der Waals surface area contributed by atoms with Crippen LogP contribution in [-0.4, -0.2) is 49.5 Å². The lowest BCUT2D eigenvalue weighted by Crippen LogP contribution is -2.70. The Kier molecular flexibility index (Phi) is 8.51. The van der Waals surface area contributed by atoms with Gasteiger partial charge in [-0.3, -0.25) is 0 Å². The SMILES string of the molecule is COC(CC(F)(F)C(F)(F)C(F)(F)C(F)(F)C(F)(F)C(F)(F)F)c1cccc(OCC(C)C)c1. The fraction of sp³-hybridized carbons (Fsp3) is 0.684. The fourth-order valence-electron chi connectivity index (χ4n) is 2.57. The van der Waals surface area contributed by atoms with Crippen molar-refractivity contribution >= 4 is 0 Å². The summed E-state index contributed by atoms with van der Waals surface area (Å²) < 4.78 is 182. The number of ether oxygens (including phenoxy) is 2. The molecule has 0 fully saturated rings. The molecule has 1 atom stereocenters. The lowest BCUT2D eigenvalue weighted by atomic mass is 9.90. The van der Waals surface area contributed by atoms with Gasteiger partial charge in [-0.15, -0.1) is 0 Å². The van der Waals surface area contributed by atoms with Crippen LogP contribution in [0.25, 0.3) is 0 Å². The molecule has 0 aliphatic carbocycles. The first-order valence-electron chi connectivity index (χ1n) is 9.28. The molecular weight excluding hydrogens is 507 g/mol. The van der Waals surface area contributed by atoms with Gasteiger partial charge in [0.05, 0.1) is 12.7 Å². The van der Waals surface area contributed by atoms with Crippen molar-refractivity contribution in [1.82, 2.24) is 0 Å². The quantitative estimate of drug-likeness (QED) is 0.278. The Morgan fingerprint density at radius 2 is 1.24 bits per heavy atom. The van der Waals surface area contributed by atoms with E-state index in [1.165, 1.54) is 12.1 Å². The van der Waals surface area contributed by atoms with Crippen LogP contribution >= 0.6 is 0 Å². The Morgan fingerprint density at radius 3 is 1.68 bits per heavy atom. The summed E-state index contributed by atoms with van der Waals surface area (Å²) in [6, 6.07) is 4.45. The van der Waals surface area contributed by atoms with E-state index in [2.05, 4.69) is 4.74 Å². The smallest absolute Gasteiger partial charge is 0.460 e. The van der Waals surface area contributed by atoms with E-state index in [1.807, 2.05) is 0 Å². The molecule has 0 saturated carbocycles. The Morgan fingerprint density at radius 1 is 0.735 bits per heavy atom. The van der Waals surface area contributed by atoms with Gasteiger partial charge in [0, 0.05) is 13.5 Å². The molecule has 1 aromatic rings. The first kappa shape index (κ1) is 30.1. The zero-order valence-corrected chi connectivity index (χ0v) is 17.6. The van der Waals surface area contributed by atoms with Crippen LogP contribution < -0.4 is 4.74 Å². The van der Waals surface area contributed by atoms with Crippen molar-refractivity contribution in [2.45, 2.75) is 62.2 Å². The number of halogens is 13. The van der Waals surface area contributed by atoms with Crippen LogP contribution in [0.15, 0.2) is 24.3 Å². The maximum absolute atomic E-state index is 14.2. The molecular formula is C19H19F13O2. The van der Waals surface area contributed by atoms with Crippen LogP contribution in [0.4, 0.5) is 57.1 Å². The molecule has 0 bridgehead atoms. The van der Waals surface area contributed by atoms with E-state index in [0.717, 1.165) is 12.1 Å². The highest BCUT2D eigenvalue weighted by atomic mass is 19.4. The molecule has 0 aliphatic heterocycles. The van der Waals surface area contributed by atoms with E-state index in [-0.39, 0.29) is 23.8 Å². The molecule has 15 heteroatoms. The molecule has 0 N–H and O–H groups in total. The molecule has 0 heterocycles. The second kappa shape index (κ2) is 9.61. The zero-order chi connectivity index (χ0) is 27.0. The Hall–Kier alpha value is -1.93. The molecule has 0 aromatic heterocycles. The highest BCUT2D eigenvalue weighted by molar-refractivity contribution is 5.30. The van der Waals surface area contributed by atoms with Crippen molar-refractivity contribution < 1.29 is 66.5 Å². The van der Waals surface area contributed by atoms with Gasteiger partial charge >= 0.3 is 35.8 Å². The van der Waals surface area contributed by atoms with Crippen molar-refractivity contribution in [3.05, 3.63) is 29.8 Å². The van der Waals surface area contributed by atoms with E-state index in [4.69, 9.17) is 4.74 Å². The van der Waals surface area contributed by atoms with Crippen molar-refractivity contribution in [3.63, 3.8) is 0 Å². The van der Waals surface area contributed by atoms with Crippen LogP contribution in [0.5, 0.6) is 5.75 Å². The number of hydrogen-bond donors (Lipinski definition) is 0. The second-order valence-corrected chi connectivity index (χ2v) is 7.71. The predicted molar refractivity (Wildman–Crippen MR) is 91.9 cm³/mol. The van der Waals surface area contributed by atoms with Gasteiger partial charge in [-0.05, 0) is 23.6 Å². The maximum atomic E-state index is 14.2. The van der Waals surface area contributed by atoms with Gasteiger partial charge in [0.15, 0.2) is 0 Å². The highest BCUT2D eigenvalue weighted by Crippen LogP contribution is 2.61. The normalized spacial score (nSPS) is 15.6. The molecule has 0 aliphatic rings. The summed E-state index contributed by atoms with van der Waals surface area (Å²) in [7, 11) is 0.658. The second-order valence-electron chi connectivity index (χ2n) is 7.71. The first-order valence-corrected chi connectivity index (χ1v) is 9.28. The van der Waals surface area contributed by atoms with Gasteiger partial charge < -0.3 is 9.47 Å². The number of benzene rings is 1. The standard InChI is InChI=1S/C19H19F13O2/c1-10(2)9-34-12-6-4-5-11(7-12)13(33-3)8-14(20,21)15(22,23)16(24,25)17(26,27)18(28,29)19(30,31)32/h4-7,10,13H,8-9H2,1-3H3. The van der Waals surface area contributed by atoms with Crippen molar-refractivity contribution in [2.75, 3.05) is 13.7 Å². The molecule has 0 spiro atoms. The van der Waals surface area contributed by atoms with Crippen molar-refractivity contribution in [2.24, 2.45) is 5.92 Å². The van der Waals surface area contributed by atoms with Gasteiger partial charge in [0.25, 0.3) is 0 Å². The largest absolute Gasteiger partial charge is 0.493 e. The van der Waals surface area contributed by atoms with E-state index in [9.17, 15) is 57.1 Å². The number of hydrogen-bond acceptors (Lipinski definition) is 2. The minimum Gasteiger partial charge on any atom is -0.493 e. The maximum Gasteiger partial charge on any atom is 0.460 e. The number of methoxy groups -OCH3 is 1. The molecule has 1 aromatic carbocycles. The lowest BCUT2D eigenvalue weighted by Gasteiger charge is -2.40. The molecule has 34 heavy (non-hydrogen) atoms. The summed E-state index contributed by atoms with van der Waals surface area (Å²) in [6.45, 7) is 3.59. The molecule has 198 valence electrons. The third-order valence-electron chi connectivity index (χ3n) is 4.54.